The molecule has 0 N–H and O–H groups in total. The van der Waals surface area contributed by atoms with E-state index in [0.29, 0.717) is 0 Å². The Morgan fingerprint density at radius 3 is 1.05 bits per heavy atom. The van der Waals surface area contributed by atoms with Gasteiger partial charge >= 0.3 is 44.3 Å². The van der Waals surface area contributed by atoms with Gasteiger partial charge in [-0.3, -0.25) is 14.4 Å². The van der Waals surface area contributed by atoms with Crippen molar-refractivity contribution in [2.24, 2.45) is 0 Å². The molecule has 0 spiro atoms. The van der Waals surface area contributed by atoms with Gasteiger partial charge in [-0.2, -0.15) is 52.7 Å². The molecule has 0 aliphatic carbocycles. The number of alkyl halides is 17. The first-order chi connectivity index (χ1) is 17.4. The maximum absolute atomic E-state index is 14.7. The summed E-state index contributed by atoms with van der Waals surface area (Å²) >= 11 is 0. The quantitative estimate of drug-likeness (QED) is 0.200. The van der Waals surface area contributed by atoms with Gasteiger partial charge in [0.2, 0.25) is 6.17 Å². The number of hydrogen-bond donors (Lipinski definition) is 0. The molecule has 0 aromatic rings. The van der Waals surface area contributed by atoms with Crippen LogP contribution in [-0.2, 0) is 27.7 Å². The highest BCUT2D eigenvalue weighted by atomic mass is 28.4. The molecule has 6 nitrogen and oxygen atoms in total. The molecule has 0 saturated heterocycles. The van der Waals surface area contributed by atoms with Gasteiger partial charge in [0.05, 0.1) is 0 Å². The molecule has 0 bridgehead atoms. The molecule has 0 heterocycles. The minimum atomic E-state index is -8.67. The summed E-state index contributed by atoms with van der Waals surface area (Å²) in [6.45, 7) is 0.232. The summed E-state index contributed by atoms with van der Waals surface area (Å²) in [7, 11) is -7.15. The number of rotatable bonds is 13. The van der Waals surface area contributed by atoms with Gasteiger partial charge < -0.3 is 13.3 Å². The highest BCUT2D eigenvalue weighted by molar-refractivity contribution is 6.67. The van der Waals surface area contributed by atoms with Gasteiger partial charge in [0.15, 0.2) is 6.17 Å². The van der Waals surface area contributed by atoms with E-state index in [1.165, 1.54) is 0 Å². The summed E-state index contributed by atoms with van der Waals surface area (Å²) in [4.78, 5) is 33.4. The summed E-state index contributed by atoms with van der Waals surface area (Å²) in [6, 6.07) is 0. The third kappa shape index (κ3) is 6.04. The van der Waals surface area contributed by atoms with Crippen LogP contribution < -0.4 is 0 Å². The smallest absolute Gasteiger partial charge is 0.454 e. The molecule has 0 aromatic carbocycles. The van der Waals surface area contributed by atoms with E-state index < -0.39 is 86.8 Å². The zero-order valence-corrected chi connectivity index (χ0v) is 20.2. The Bertz CT molecular complexity index is 917. The Kier molecular flexibility index (Phi) is 10.6. The van der Waals surface area contributed by atoms with Crippen LogP contribution in [0.3, 0.4) is 0 Å². The summed E-state index contributed by atoms with van der Waals surface area (Å²) in [6.07, 6.45) is -16.0. The lowest BCUT2D eigenvalue weighted by Gasteiger charge is -2.43. The Hall–Kier alpha value is -2.56. The molecule has 0 rings (SSSR count). The second kappa shape index (κ2) is 11.4. The van der Waals surface area contributed by atoms with E-state index in [9.17, 15) is 89.0 Å². The lowest BCUT2D eigenvalue weighted by Crippen LogP contribution is -2.75. The molecule has 236 valence electrons. The Balaban J connectivity index is 7.16. The molecule has 40 heavy (non-hydrogen) atoms. The lowest BCUT2D eigenvalue weighted by atomic mass is 9.89. The number of halogens is 17. The monoisotopic (exact) mass is 652 g/mol. The van der Waals surface area contributed by atoms with Crippen molar-refractivity contribution < 1.29 is 102 Å². The van der Waals surface area contributed by atoms with Gasteiger partial charge in [0.1, 0.15) is 0 Å². The van der Waals surface area contributed by atoms with Crippen molar-refractivity contribution in [1.29, 1.82) is 0 Å². The Labute approximate surface area is 211 Å². The molecule has 24 heteroatoms. The maximum atomic E-state index is 14.7. The van der Waals surface area contributed by atoms with Crippen LogP contribution >= 0.6 is 0 Å². The summed E-state index contributed by atoms with van der Waals surface area (Å²) in [5.74, 6) is -61.7. The average Bonchev–Trinajstić information content (AvgIpc) is 2.74. The second-order valence-electron chi connectivity index (χ2n) is 7.47. The lowest BCUT2D eigenvalue weighted by molar-refractivity contribution is -0.433. The Morgan fingerprint density at radius 2 is 0.800 bits per heavy atom. The van der Waals surface area contributed by atoms with E-state index in [4.69, 9.17) is 0 Å². The molecular formula is C16H13F17O6Si. The first-order valence-corrected chi connectivity index (χ1v) is 11.3. The topological polar surface area (TPSA) is 78.9 Å². The van der Waals surface area contributed by atoms with E-state index in [2.05, 4.69) is 13.3 Å². The van der Waals surface area contributed by atoms with Crippen LogP contribution in [0.5, 0.6) is 0 Å². The molecule has 3 atom stereocenters. The fourth-order valence-corrected chi connectivity index (χ4v) is 4.78. The molecular weight excluding hydrogens is 639 g/mol. The minimum absolute atomic E-state index is 0.0774. The summed E-state index contributed by atoms with van der Waals surface area (Å²) in [5, 5.41) is 0. The van der Waals surface area contributed by atoms with Crippen LogP contribution in [0.25, 0.3) is 0 Å². The molecule has 0 fully saturated rings. The van der Waals surface area contributed by atoms with Gasteiger partial charge in [0, 0.05) is 20.8 Å². The van der Waals surface area contributed by atoms with Gasteiger partial charge in [-0.1, -0.05) is 0 Å². The van der Waals surface area contributed by atoms with Gasteiger partial charge in [0.25, 0.3) is 30.1 Å². The molecule has 0 amide bonds. The SMILES string of the molecule is CC(=O)O[Si](OC(C)=O)(OC(C)=O)C(F)C(F)(F)C(F)(F)C(F)(F)C(F)(F)C(F)(F)C(F)(F)C(F)C(F)C(F)F. The van der Waals surface area contributed by atoms with E-state index in [1.807, 2.05) is 0 Å². The first-order valence-electron chi connectivity index (χ1n) is 9.48. The zero-order chi connectivity index (χ0) is 32.7. The van der Waals surface area contributed by atoms with Crippen LogP contribution in [-0.4, -0.2) is 86.8 Å². The van der Waals surface area contributed by atoms with Gasteiger partial charge in [-0.25, -0.2) is 22.0 Å². The highest BCUT2D eigenvalue weighted by Crippen LogP contribution is 2.62. The van der Waals surface area contributed by atoms with E-state index >= 15 is 0 Å². The molecule has 0 aliphatic rings. The fraction of sp³-hybridized carbons (Fsp3) is 0.812. The molecule has 0 aromatic heterocycles. The van der Waals surface area contributed by atoms with Crippen LogP contribution in [0.4, 0.5) is 74.6 Å². The number of hydrogen-bond acceptors (Lipinski definition) is 6. The summed E-state index contributed by atoms with van der Waals surface area (Å²) in [5.41, 5.74) is 0. The normalized spacial score (nSPS) is 16.7. The van der Waals surface area contributed by atoms with Crippen molar-refractivity contribution in [2.45, 2.75) is 80.9 Å². The zero-order valence-electron chi connectivity index (χ0n) is 19.2. The molecule has 0 radical (unpaired) electrons. The van der Waals surface area contributed by atoms with Crippen molar-refractivity contribution in [3.63, 3.8) is 0 Å². The first kappa shape index (κ1) is 37.4. The predicted octanol–water partition coefficient (Wildman–Crippen LogP) is 5.25. The van der Waals surface area contributed by atoms with Crippen molar-refractivity contribution in [3.8, 4) is 0 Å². The standard InChI is InChI=1S/C16H13F17O6Si/c1-4(34)37-40(38-5(2)35,39-6(3)36)10(21)12(24,25)14(28,29)16(32,33)15(30,31)13(26,27)11(22,23)8(18)7(17)9(19)20/h7-10H,1-3H3. The van der Waals surface area contributed by atoms with E-state index in [-0.39, 0.29) is 20.8 Å². The van der Waals surface area contributed by atoms with Gasteiger partial charge in [-0.05, 0) is 0 Å². The third-order valence-electron chi connectivity index (χ3n) is 4.37. The molecule has 0 aliphatic heterocycles. The van der Waals surface area contributed by atoms with Crippen molar-refractivity contribution >= 4 is 26.7 Å². The Morgan fingerprint density at radius 1 is 0.525 bits per heavy atom. The van der Waals surface area contributed by atoms with Crippen LogP contribution in [0.2, 0.25) is 0 Å². The number of carbonyl (C=O) groups excluding carboxylic acids is 3. The third-order valence-corrected chi connectivity index (χ3v) is 7.07. The average molecular weight is 652 g/mol. The molecule has 3 unspecified atom stereocenters. The van der Waals surface area contributed by atoms with E-state index in [0.717, 1.165) is 0 Å². The van der Waals surface area contributed by atoms with Gasteiger partial charge in [-0.15, -0.1) is 0 Å². The number of carbonyl (C=O) groups is 3. The maximum Gasteiger partial charge on any atom is 0.748 e. The van der Waals surface area contributed by atoms with Crippen LogP contribution in [0.15, 0.2) is 0 Å². The van der Waals surface area contributed by atoms with E-state index in [1.54, 1.807) is 0 Å². The van der Waals surface area contributed by atoms with Crippen molar-refractivity contribution in [1.82, 2.24) is 0 Å². The minimum Gasteiger partial charge on any atom is -0.454 e. The van der Waals surface area contributed by atoms with Crippen LogP contribution in [0, 0.1) is 0 Å². The van der Waals surface area contributed by atoms with Crippen molar-refractivity contribution in [3.05, 3.63) is 0 Å². The molecule has 0 saturated carbocycles. The summed E-state index contributed by atoms with van der Waals surface area (Å²) < 4.78 is 243. The van der Waals surface area contributed by atoms with Crippen molar-refractivity contribution in [2.75, 3.05) is 0 Å². The predicted molar refractivity (Wildman–Crippen MR) is 91.4 cm³/mol. The largest absolute Gasteiger partial charge is 0.748 e. The van der Waals surface area contributed by atoms with Crippen LogP contribution in [0.1, 0.15) is 20.8 Å². The second-order valence-corrected chi connectivity index (χ2v) is 9.80. The fourth-order valence-electron chi connectivity index (χ4n) is 2.51. The highest BCUT2D eigenvalue weighted by Gasteiger charge is 2.93.